The lowest BCUT2D eigenvalue weighted by Crippen LogP contribution is -2.09. The molecule has 0 aliphatic heterocycles. The Morgan fingerprint density at radius 3 is 2.31 bits per heavy atom. The molecule has 0 radical (unpaired) electrons. The van der Waals surface area contributed by atoms with Gasteiger partial charge in [0.25, 0.3) is 0 Å². The van der Waals surface area contributed by atoms with Gasteiger partial charge in [0.15, 0.2) is 5.82 Å². The van der Waals surface area contributed by atoms with E-state index in [4.69, 9.17) is 15.1 Å². The second-order valence-electron chi connectivity index (χ2n) is 8.31. The van der Waals surface area contributed by atoms with E-state index in [1.807, 2.05) is 50.6 Å². The maximum atomic E-state index is 12.0. The molecule has 0 aliphatic carbocycles. The number of benzene rings is 1. The molecule has 0 fully saturated rings. The molecule has 0 saturated carbocycles. The number of nitrogens with zero attached hydrogens (tertiary/aromatic N) is 7. The second-order valence-corrected chi connectivity index (χ2v) is 8.31. The van der Waals surface area contributed by atoms with Crippen LogP contribution >= 0.6 is 0 Å². The minimum Gasteiger partial charge on any atom is -0.466 e. The number of carbonyl (C=O) groups excluding carboxylic acids is 1. The third-order valence-corrected chi connectivity index (χ3v) is 6.03. The van der Waals surface area contributed by atoms with E-state index in [2.05, 4.69) is 21.1 Å². The summed E-state index contributed by atoms with van der Waals surface area (Å²) in [6, 6.07) is 11.4. The highest BCUT2D eigenvalue weighted by atomic mass is 16.5. The number of hydrogen-bond donors (Lipinski definition) is 0. The van der Waals surface area contributed by atoms with Crippen molar-refractivity contribution in [2.75, 3.05) is 6.61 Å². The Morgan fingerprint density at radius 2 is 1.63 bits per heavy atom. The Morgan fingerprint density at radius 1 is 0.971 bits per heavy atom. The highest BCUT2D eigenvalue weighted by Crippen LogP contribution is 2.22. The summed E-state index contributed by atoms with van der Waals surface area (Å²) in [6.07, 6.45) is 2.29. The van der Waals surface area contributed by atoms with Crippen LogP contribution in [0.2, 0.25) is 0 Å². The third kappa shape index (κ3) is 4.82. The molecular weight excluding hydrogens is 442 g/mol. The Bertz CT molecular complexity index is 1430. The smallest absolute Gasteiger partial charge is 0.310 e. The Labute approximate surface area is 204 Å². The fourth-order valence-electron chi connectivity index (χ4n) is 4.15. The molecule has 1 aromatic carbocycles. The van der Waals surface area contributed by atoms with Crippen molar-refractivity contribution in [3.8, 4) is 17.6 Å². The SMILES string of the molecule is CCOC(=O)Cc1c(C)nn(-c2cc(Cc3c(C)nn(-c4ccc(C#N)cc4)c3C)ncn2)c1C. The number of rotatable bonds is 7. The lowest BCUT2D eigenvalue weighted by atomic mass is 10.1. The zero-order chi connectivity index (χ0) is 25.1. The first-order valence-corrected chi connectivity index (χ1v) is 11.4. The topological polar surface area (TPSA) is 112 Å². The lowest BCUT2D eigenvalue weighted by Gasteiger charge is -2.08. The summed E-state index contributed by atoms with van der Waals surface area (Å²) in [6.45, 7) is 9.95. The largest absolute Gasteiger partial charge is 0.466 e. The van der Waals surface area contributed by atoms with Crippen LogP contribution in [0.3, 0.4) is 0 Å². The van der Waals surface area contributed by atoms with Gasteiger partial charge in [0.1, 0.15) is 6.33 Å². The van der Waals surface area contributed by atoms with E-state index in [9.17, 15) is 4.79 Å². The average Bonchev–Trinajstić information content (AvgIpc) is 3.29. The molecule has 3 heterocycles. The van der Waals surface area contributed by atoms with Crippen LogP contribution in [0, 0.1) is 39.0 Å². The van der Waals surface area contributed by atoms with Crippen molar-refractivity contribution in [2.45, 2.75) is 47.5 Å². The van der Waals surface area contributed by atoms with E-state index >= 15 is 0 Å². The van der Waals surface area contributed by atoms with Crippen molar-refractivity contribution in [3.63, 3.8) is 0 Å². The predicted molar refractivity (Wildman–Crippen MR) is 130 cm³/mol. The van der Waals surface area contributed by atoms with E-state index in [-0.39, 0.29) is 12.4 Å². The van der Waals surface area contributed by atoms with Crippen LogP contribution in [0.15, 0.2) is 36.7 Å². The lowest BCUT2D eigenvalue weighted by molar-refractivity contribution is -0.142. The molecule has 0 atom stereocenters. The van der Waals surface area contributed by atoms with E-state index in [0.717, 1.165) is 45.3 Å². The fraction of sp³-hybridized carbons (Fsp3) is 0.308. The summed E-state index contributed by atoms with van der Waals surface area (Å²) >= 11 is 0. The summed E-state index contributed by atoms with van der Waals surface area (Å²) in [5, 5.41) is 18.4. The minimum absolute atomic E-state index is 0.177. The first-order chi connectivity index (χ1) is 16.8. The minimum atomic E-state index is -0.271. The van der Waals surface area contributed by atoms with Gasteiger partial charge in [0.05, 0.1) is 47.4 Å². The monoisotopic (exact) mass is 469 g/mol. The molecule has 3 aromatic heterocycles. The van der Waals surface area contributed by atoms with E-state index < -0.39 is 0 Å². The molecule has 9 nitrogen and oxygen atoms in total. The van der Waals surface area contributed by atoms with Crippen molar-refractivity contribution in [3.05, 3.63) is 81.8 Å². The van der Waals surface area contributed by atoms with Crippen LogP contribution < -0.4 is 0 Å². The summed E-state index contributed by atoms with van der Waals surface area (Å²) in [5.74, 6) is 0.368. The summed E-state index contributed by atoms with van der Waals surface area (Å²) < 4.78 is 8.73. The number of carbonyl (C=O) groups is 1. The summed E-state index contributed by atoms with van der Waals surface area (Å²) in [7, 11) is 0. The molecule has 0 amide bonds. The molecule has 35 heavy (non-hydrogen) atoms. The zero-order valence-electron chi connectivity index (χ0n) is 20.5. The van der Waals surface area contributed by atoms with Gasteiger partial charge in [-0.2, -0.15) is 15.5 Å². The number of esters is 1. The van der Waals surface area contributed by atoms with Crippen molar-refractivity contribution < 1.29 is 9.53 Å². The van der Waals surface area contributed by atoms with Gasteiger partial charge in [-0.3, -0.25) is 4.79 Å². The molecule has 0 aliphatic rings. The van der Waals surface area contributed by atoms with E-state index in [1.165, 1.54) is 6.33 Å². The van der Waals surface area contributed by atoms with Gasteiger partial charge < -0.3 is 4.74 Å². The molecule has 9 heteroatoms. The van der Waals surface area contributed by atoms with Crippen molar-refractivity contribution in [1.29, 1.82) is 5.26 Å². The number of aromatic nitrogens is 6. The van der Waals surface area contributed by atoms with Crippen molar-refractivity contribution >= 4 is 5.97 Å². The number of aryl methyl sites for hydroxylation is 2. The Balaban J connectivity index is 1.62. The molecule has 0 unspecified atom stereocenters. The van der Waals surface area contributed by atoms with Crippen LogP contribution in [-0.2, 0) is 22.4 Å². The number of ether oxygens (including phenoxy) is 1. The molecule has 0 spiro atoms. The maximum absolute atomic E-state index is 12.0. The van der Waals surface area contributed by atoms with Crippen LogP contribution in [0.5, 0.6) is 0 Å². The van der Waals surface area contributed by atoms with Crippen molar-refractivity contribution in [2.24, 2.45) is 0 Å². The standard InChI is InChI=1S/C26H27N7O2/c1-6-35-26(34)13-24-17(3)31-33(19(24)5)25-12-21(28-15-29-25)11-23-16(2)30-32(18(23)4)22-9-7-20(14-27)8-10-22/h7-10,12,15H,6,11,13H2,1-5H3. The van der Waals surface area contributed by atoms with E-state index in [1.54, 1.807) is 23.7 Å². The molecule has 178 valence electrons. The highest BCUT2D eigenvalue weighted by Gasteiger charge is 2.19. The summed E-state index contributed by atoms with van der Waals surface area (Å²) in [5.41, 5.74) is 7.81. The highest BCUT2D eigenvalue weighted by molar-refractivity contribution is 5.73. The first kappa shape index (κ1) is 23.8. The van der Waals surface area contributed by atoms with Gasteiger partial charge in [-0.15, -0.1) is 0 Å². The molecule has 0 N–H and O–H groups in total. The van der Waals surface area contributed by atoms with Crippen LogP contribution in [0.1, 0.15) is 52.1 Å². The molecule has 4 aromatic rings. The normalized spacial score (nSPS) is 10.9. The maximum Gasteiger partial charge on any atom is 0.310 e. The van der Waals surface area contributed by atoms with Gasteiger partial charge in [-0.1, -0.05) is 0 Å². The van der Waals surface area contributed by atoms with Gasteiger partial charge in [0.2, 0.25) is 0 Å². The summed E-state index contributed by atoms with van der Waals surface area (Å²) in [4.78, 5) is 20.9. The number of nitriles is 1. The average molecular weight is 470 g/mol. The van der Waals surface area contributed by atoms with Crippen LogP contribution in [-0.4, -0.2) is 42.1 Å². The van der Waals surface area contributed by atoms with Gasteiger partial charge in [-0.25, -0.2) is 19.3 Å². The zero-order valence-corrected chi connectivity index (χ0v) is 20.5. The van der Waals surface area contributed by atoms with Gasteiger partial charge >= 0.3 is 5.97 Å². The quantitative estimate of drug-likeness (QED) is 0.380. The molecule has 0 saturated heterocycles. The predicted octanol–water partition coefficient (Wildman–Crippen LogP) is 3.65. The van der Waals surface area contributed by atoms with Crippen LogP contribution in [0.25, 0.3) is 11.5 Å². The van der Waals surface area contributed by atoms with Crippen molar-refractivity contribution in [1.82, 2.24) is 29.5 Å². The molecule has 4 rings (SSSR count). The van der Waals surface area contributed by atoms with Gasteiger partial charge in [-0.05, 0) is 58.9 Å². The van der Waals surface area contributed by atoms with Gasteiger partial charge in [0, 0.05) is 35.0 Å². The third-order valence-electron chi connectivity index (χ3n) is 6.03. The molecular formula is C26H27N7O2. The Hall–Kier alpha value is -4.32. The second kappa shape index (κ2) is 9.89. The van der Waals surface area contributed by atoms with E-state index in [0.29, 0.717) is 24.4 Å². The number of hydrogen-bond acceptors (Lipinski definition) is 7. The Kier molecular flexibility index (Phi) is 6.73. The molecule has 0 bridgehead atoms. The fourth-order valence-corrected chi connectivity index (χ4v) is 4.15. The van der Waals surface area contributed by atoms with Crippen LogP contribution in [0.4, 0.5) is 0 Å². The first-order valence-electron chi connectivity index (χ1n) is 11.4.